The van der Waals surface area contributed by atoms with Crippen molar-refractivity contribution >= 4 is 5.69 Å². The van der Waals surface area contributed by atoms with Crippen LogP contribution in [-0.2, 0) is 6.54 Å². The van der Waals surface area contributed by atoms with Crippen LogP contribution >= 0.6 is 0 Å². The lowest BCUT2D eigenvalue weighted by Gasteiger charge is -2.23. The molecule has 1 aliphatic heterocycles. The largest absolute Gasteiger partial charge is 0.371 e. The fourth-order valence-corrected chi connectivity index (χ4v) is 3.79. The number of nitrogens with one attached hydrogen (secondary N) is 1. The van der Waals surface area contributed by atoms with Gasteiger partial charge in [-0.05, 0) is 50.3 Å². The molecule has 18 heavy (non-hydrogen) atoms. The molecular formula is C16H24N2. The first-order valence-electron chi connectivity index (χ1n) is 7.27. The van der Waals surface area contributed by atoms with E-state index in [-0.39, 0.29) is 0 Å². The Kier molecular flexibility index (Phi) is 3.29. The number of nitrogens with zero attached hydrogens (tertiary/aromatic N) is 1. The molecule has 2 heteroatoms. The Balaban J connectivity index is 1.83. The van der Waals surface area contributed by atoms with Crippen molar-refractivity contribution in [3.05, 3.63) is 29.3 Å². The van der Waals surface area contributed by atoms with Gasteiger partial charge in [-0.1, -0.05) is 24.1 Å². The van der Waals surface area contributed by atoms with Crippen LogP contribution < -0.4 is 10.2 Å². The predicted molar refractivity (Wildman–Crippen MR) is 77.0 cm³/mol. The van der Waals surface area contributed by atoms with E-state index in [4.69, 9.17) is 0 Å². The lowest BCUT2D eigenvalue weighted by molar-refractivity contribution is 0.494. The van der Waals surface area contributed by atoms with Crippen LogP contribution in [0, 0.1) is 18.8 Å². The number of fused-ring (bicyclic) bond motifs is 1. The van der Waals surface area contributed by atoms with Crippen molar-refractivity contribution in [1.82, 2.24) is 5.32 Å². The van der Waals surface area contributed by atoms with Crippen LogP contribution in [0.5, 0.6) is 0 Å². The van der Waals surface area contributed by atoms with Crippen LogP contribution in [0.15, 0.2) is 18.2 Å². The maximum absolute atomic E-state index is 3.30. The van der Waals surface area contributed by atoms with Crippen molar-refractivity contribution in [2.45, 2.75) is 32.7 Å². The Morgan fingerprint density at radius 1 is 1.22 bits per heavy atom. The third-order valence-corrected chi connectivity index (χ3v) is 4.67. The fraction of sp³-hybridized carbons (Fsp3) is 0.625. The van der Waals surface area contributed by atoms with E-state index in [1.54, 1.807) is 0 Å². The van der Waals surface area contributed by atoms with E-state index < -0.39 is 0 Å². The minimum absolute atomic E-state index is 0.966. The van der Waals surface area contributed by atoms with E-state index >= 15 is 0 Å². The summed E-state index contributed by atoms with van der Waals surface area (Å²) >= 11 is 0. The summed E-state index contributed by atoms with van der Waals surface area (Å²) in [5, 5.41) is 3.30. The highest BCUT2D eigenvalue weighted by Gasteiger charge is 2.36. The van der Waals surface area contributed by atoms with Crippen molar-refractivity contribution in [2.24, 2.45) is 11.8 Å². The molecule has 1 saturated heterocycles. The van der Waals surface area contributed by atoms with E-state index in [0.29, 0.717) is 0 Å². The smallest absolute Gasteiger partial charge is 0.0412 e. The first-order valence-corrected chi connectivity index (χ1v) is 7.27. The van der Waals surface area contributed by atoms with Crippen molar-refractivity contribution < 1.29 is 0 Å². The summed E-state index contributed by atoms with van der Waals surface area (Å²) in [4.78, 5) is 2.63. The van der Waals surface area contributed by atoms with Crippen molar-refractivity contribution in [2.75, 3.05) is 25.0 Å². The van der Waals surface area contributed by atoms with Gasteiger partial charge in [0, 0.05) is 25.3 Å². The summed E-state index contributed by atoms with van der Waals surface area (Å²) in [7, 11) is 2.03. The molecule has 1 saturated carbocycles. The summed E-state index contributed by atoms with van der Waals surface area (Å²) in [5.41, 5.74) is 4.28. The first-order chi connectivity index (χ1) is 8.78. The highest BCUT2D eigenvalue weighted by Crippen LogP contribution is 2.40. The van der Waals surface area contributed by atoms with Gasteiger partial charge in [0.05, 0.1) is 0 Å². The Hall–Kier alpha value is -1.02. The van der Waals surface area contributed by atoms with Gasteiger partial charge in [-0.15, -0.1) is 0 Å². The zero-order chi connectivity index (χ0) is 12.5. The number of hydrogen-bond acceptors (Lipinski definition) is 2. The molecule has 1 N–H and O–H groups in total. The van der Waals surface area contributed by atoms with E-state index in [1.807, 2.05) is 7.05 Å². The van der Waals surface area contributed by atoms with Crippen LogP contribution in [0.25, 0.3) is 0 Å². The van der Waals surface area contributed by atoms with Crippen LogP contribution in [0.2, 0.25) is 0 Å². The zero-order valence-corrected chi connectivity index (χ0v) is 11.6. The molecule has 0 amide bonds. The second kappa shape index (κ2) is 4.93. The molecule has 1 aromatic carbocycles. The second-order valence-electron chi connectivity index (χ2n) is 6.02. The highest BCUT2D eigenvalue weighted by molar-refractivity contribution is 5.56. The van der Waals surface area contributed by atoms with Gasteiger partial charge in [0.2, 0.25) is 0 Å². The third kappa shape index (κ3) is 2.14. The van der Waals surface area contributed by atoms with Crippen LogP contribution in [0.3, 0.4) is 0 Å². The number of rotatable bonds is 3. The van der Waals surface area contributed by atoms with Crippen LogP contribution in [0.4, 0.5) is 5.69 Å². The Morgan fingerprint density at radius 2 is 1.94 bits per heavy atom. The fourth-order valence-electron chi connectivity index (χ4n) is 3.79. The van der Waals surface area contributed by atoms with Gasteiger partial charge in [0.25, 0.3) is 0 Å². The van der Waals surface area contributed by atoms with E-state index in [2.05, 4.69) is 35.3 Å². The molecular weight excluding hydrogens is 220 g/mol. The molecule has 2 atom stereocenters. The molecule has 1 aromatic rings. The summed E-state index contributed by atoms with van der Waals surface area (Å²) in [6.07, 6.45) is 4.36. The van der Waals surface area contributed by atoms with E-state index in [0.717, 1.165) is 18.4 Å². The molecule has 1 heterocycles. The normalized spacial score (nSPS) is 26.7. The quantitative estimate of drug-likeness (QED) is 0.879. The first kappa shape index (κ1) is 12.0. The lowest BCUT2D eigenvalue weighted by atomic mass is 10.0. The summed E-state index contributed by atoms with van der Waals surface area (Å²) in [6.45, 7) is 5.72. The standard InChI is InChI=1S/C16H24N2/c1-12-6-7-16(15(8-12)9-17-2)18-10-13-4-3-5-14(13)11-18/h6-8,13-14,17H,3-5,9-11H2,1-2H3. The Morgan fingerprint density at radius 3 is 2.61 bits per heavy atom. The zero-order valence-electron chi connectivity index (χ0n) is 11.6. The van der Waals surface area contributed by atoms with Gasteiger partial charge < -0.3 is 10.2 Å². The van der Waals surface area contributed by atoms with Crippen molar-refractivity contribution in [3.63, 3.8) is 0 Å². The Labute approximate surface area is 110 Å². The average Bonchev–Trinajstić information content (AvgIpc) is 2.90. The molecule has 0 spiro atoms. The second-order valence-corrected chi connectivity index (χ2v) is 6.02. The van der Waals surface area contributed by atoms with E-state index in [1.165, 1.54) is 49.2 Å². The van der Waals surface area contributed by atoms with Gasteiger partial charge in [-0.25, -0.2) is 0 Å². The van der Waals surface area contributed by atoms with Gasteiger partial charge in [0.1, 0.15) is 0 Å². The van der Waals surface area contributed by atoms with Gasteiger partial charge in [-0.2, -0.15) is 0 Å². The minimum atomic E-state index is 0.966. The topological polar surface area (TPSA) is 15.3 Å². The third-order valence-electron chi connectivity index (χ3n) is 4.67. The molecule has 1 aliphatic carbocycles. The predicted octanol–water partition coefficient (Wildman–Crippen LogP) is 2.95. The summed E-state index contributed by atoms with van der Waals surface area (Å²) < 4.78 is 0. The lowest BCUT2D eigenvalue weighted by Crippen LogP contribution is -2.23. The Bertz CT molecular complexity index is 415. The minimum Gasteiger partial charge on any atom is -0.371 e. The SMILES string of the molecule is CNCc1cc(C)ccc1N1CC2CCCC2C1. The van der Waals surface area contributed by atoms with E-state index in [9.17, 15) is 0 Å². The average molecular weight is 244 g/mol. The summed E-state index contributed by atoms with van der Waals surface area (Å²) in [5.74, 6) is 1.93. The van der Waals surface area contributed by atoms with Gasteiger partial charge >= 0.3 is 0 Å². The van der Waals surface area contributed by atoms with Crippen molar-refractivity contribution in [3.8, 4) is 0 Å². The van der Waals surface area contributed by atoms with Crippen LogP contribution in [0.1, 0.15) is 30.4 Å². The molecule has 2 aliphatic rings. The monoisotopic (exact) mass is 244 g/mol. The number of hydrogen-bond donors (Lipinski definition) is 1. The molecule has 2 fully saturated rings. The molecule has 2 nitrogen and oxygen atoms in total. The van der Waals surface area contributed by atoms with Crippen LogP contribution in [-0.4, -0.2) is 20.1 Å². The van der Waals surface area contributed by atoms with Gasteiger partial charge in [0.15, 0.2) is 0 Å². The number of anilines is 1. The molecule has 3 rings (SSSR count). The summed E-state index contributed by atoms with van der Waals surface area (Å²) in [6, 6.07) is 6.91. The van der Waals surface area contributed by atoms with Crippen molar-refractivity contribution in [1.29, 1.82) is 0 Å². The molecule has 0 bridgehead atoms. The molecule has 2 unspecified atom stereocenters. The number of aryl methyl sites for hydroxylation is 1. The molecule has 0 aromatic heterocycles. The maximum Gasteiger partial charge on any atom is 0.0412 e. The number of benzene rings is 1. The highest BCUT2D eigenvalue weighted by atomic mass is 15.2. The maximum atomic E-state index is 3.30. The molecule has 98 valence electrons. The molecule has 0 radical (unpaired) electrons. The van der Waals surface area contributed by atoms with Gasteiger partial charge in [-0.3, -0.25) is 0 Å².